The molecule has 0 saturated carbocycles. The summed E-state index contributed by atoms with van der Waals surface area (Å²) in [5, 5.41) is 0.520. The summed E-state index contributed by atoms with van der Waals surface area (Å²) < 4.78 is 4.95. The highest BCUT2D eigenvalue weighted by Crippen LogP contribution is 2.31. The molecule has 16 heavy (non-hydrogen) atoms. The van der Waals surface area contributed by atoms with Crippen LogP contribution >= 0.6 is 23.2 Å². The Bertz CT molecular complexity index is 441. The van der Waals surface area contributed by atoms with Crippen molar-refractivity contribution in [2.24, 2.45) is 0 Å². The summed E-state index contributed by atoms with van der Waals surface area (Å²) in [4.78, 5) is 22.4. The molecule has 5 heteroatoms. The first-order valence-electron chi connectivity index (χ1n) is 4.51. The molecular formula is C11H10Cl2O3. The first-order valence-corrected chi connectivity index (χ1v) is 5.27. The number of rotatable bonds is 4. The quantitative estimate of drug-likeness (QED) is 0.617. The lowest BCUT2D eigenvalue weighted by Gasteiger charge is -2.07. The first kappa shape index (κ1) is 13.0. The third kappa shape index (κ3) is 2.97. The molecule has 0 unspecified atom stereocenters. The zero-order chi connectivity index (χ0) is 12.3. The molecule has 0 radical (unpaired) electrons. The zero-order valence-electron chi connectivity index (χ0n) is 8.84. The average Bonchev–Trinajstić information content (AvgIpc) is 2.19. The highest BCUT2D eigenvalue weighted by molar-refractivity contribution is 6.37. The second-order valence-corrected chi connectivity index (χ2v) is 4.08. The van der Waals surface area contributed by atoms with Crippen molar-refractivity contribution in [2.45, 2.75) is 13.3 Å². The Morgan fingerprint density at radius 2 is 1.88 bits per heavy atom. The summed E-state index contributed by atoms with van der Waals surface area (Å²) in [6.45, 7) is 1.34. The fourth-order valence-corrected chi connectivity index (χ4v) is 1.72. The number of methoxy groups -OCH3 is 1. The van der Waals surface area contributed by atoms with E-state index in [1.165, 1.54) is 26.2 Å². The highest BCUT2D eigenvalue weighted by atomic mass is 35.5. The van der Waals surface area contributed by atoms with Crippen molar-refractivity contribution >= 4 is 34.8 Å². The molecule has 1 rings (SSSR count). The van der Waals surface area contributed by atoms with Crippen LogP contribution in [0.15, 0.2) is 12.1 Å². The smallest absolute Gasteiger partial charge is 0.171 e. The van der Waals surface area contributed by atoms with Crippen molar-refractivity contribution in [2.75, 3.05) is 7.11 Å². The number of halogens is 2. The van der Waals surface area contributed by atoms with Crippen molar-refractivity contribution in [3.05, 3.63) is 27.7 Å². The fourth-order valence-electron chi connectivity index (χ4n) is 1.22. The maximum absolute atomic E-state index is 11.6. The van der Waals surface area contributed by atoms with Crippen molar-refractivity contribution < 1.29 is 14.3 Å². The summed E-state index contributed by atoms with van der Waals surface area (Å²) in [6, 6.07) is 2.87. The molecule has 0 aliphatic rings. The van der Waals surface area contributed by atoms with Crippen LogP contribution in [0, 0.1) is 0 Å². The standard InChI is InChI=1S/C11H10Cl2O3/c1-6(14)3-10(15)7-4-9(13)11(16-2)5-8(7)12/h4-5H,3H2,1-2H3. The van der Waals surface area contributed by atoms with Crippen molar-refractivity contribution in [3.63, 3.8) is 0 Å². The van der Waals surface area contributed by atoms with E-state index < -0.39 is 0 Å². The van der Waals surface area contributed by atoms with Crippen LogP contribution in [0.5, 0.6) is 5.75 Å². The number of Topliss-reactive ketones (excluding diaryl/α,β-unsaturated/α-hetero) is 2. The molecule has 0 bridgehead atoms. The van der Waals surface area contributed by atoms with E-state index in [0.29, 0.717) is 10.8 Å². The van der Waals surface area contributed by atoms with Crippen LogP contribution in [0.1, 0.15) is 23.7 Å². The van der Waals surface area contributed by atoms with Gasteiger partial charge >= 0.3 is 0 Å². The van der Waals surface area contributed by atoms with E-state index in [9.17, 15) is 9.59 Å². The molecule has 86 valence electrons. The Morgan fingerprint density at radius 3 is 2.38 bits per heavy atom. The summed E-state index contributed by atoms with van der Waals surface area (Å²) in [6.07, 6.45) is -0.178. The van der Waals surface area contributed by atoms with E-state index in [-0.39, 0.29) is 28.6 Å². The van der Waals surface area contributed by atoms with E-state index in [2.05, 4.69) is 0 Å². The fraction of sp³-hybridized carbons (Fsp3) is 0.273. The lowest BCUT2D eigenvalue weighted by atomic mass is 10.1. The maximum atomic E-state index is 11.6. The van der Waals surface area contributed by atoms with E-state index in [1.807, 2.05) is 0 Å². The molecule has 0 aromatic heterocycles. The van der Waals surface area contributed by atoms with Gasteiger partial charge in [-0.05, 0) is 13.0 Å². The number of ether oxygens (including phenoxy) is 1. The van der Waals surface area contributed by atoms with Crippen LogP contribution in [-0.2, 0) is 4.79 Å². The minimum absolute atomic E-state index is 0.178. The van der Waals surface area contributed by atoms with Crippen LogP contribution in [0.2, 0.25) is 10.0 Å². The molecule has 0 N–H and O–H groups in total. The van der Waals surface area contributed by atoms with Crippen LogP contribution in [0.4, 0.5) is 0 Å². The van der Waals surface area contributed by atoms with Gasteiger partial charge in [-0.3, -0.25) is 9.59 Å². The van der Waals surface area contributed by atoms with Gasteiger partial charge in [0.2, 0.25) is 0 Å². The van der Waals surface area contributed by atoms with Gasteiger partial charge in [0.05, 0.1) is 23.6 Å². The lowest BCUT2D eigenvalue weighted by molar-refractivity contribution is -0.116. The first-order chi connectivity index (χ1) is 7.45. The largest absolute Gasteiger partial charge is 0.495 e. The SMILES string of the molecule is COc1cc(Cl)c(C(=O)CC(C)=O)cc1Cl. The predicted octanol–water partition coefficient (Wildman–Crippen LogP) is 3.16. The van der Waals surface area contributed by atoms with Crippen LogP contribution < -0.4 is 4.74 Å². The van der Waals surface area contributed by atoms with Crippen molar-refractivity contribution in [1.29, 1.82) is 0 Å². The molecule has 1 aromatic rings. The average molecular weight is 261 g/mol. The van der Waals surface area contributed by atoms with Gasteiger partial charge in [-0.1, -0.05) is 23.2 Å². The van der Waals surface area contributed by atoms with Crippen molar-refractivity contribution in [1.82, 2.24) is 0 Å². The van der Waals surface area contributed by atoms with Gasteiger partial charge in [0, 0.05) is 11.6 Å². The zero-order valence-corrected chi connectivity index (χ0v) is 10.4. The second-order valence-electron chi connectivity index (χ2n) is 3.27. The van der Waals surface area contributed by atoms with Gasteiger partial charge in [-0.25, -0.2) is 0 Å². The minimum Gasteiger partial charge on any atom is -0.495 e. The Kier molecular flexibility index (Phi) is 4.33. The van der Waals surface area contributed by atoms with E-state index >= 15 is 0 Å². The molecule has 0 aliphatic carbocycles. The number of hydrogen-bond donors (Lipinski definition) is 0. The number of hydrogen-bond acceptors (Lipinski definition) is 3. The summed E-state index contributed by atoms with van der Waals surface area (Å²) in [5.41, 5.74) is 0.239. The van der Waals surface area contributed by atoms with Crippen LogP contribution in [0.3, 0.4) is 0 Å². The molecule has 0 heterocycles. The Morgan fingerprint density at radius 1 is 1.25 bits per heavy atom. The van der Waals surface area contributed by atoms with Gasteiger partial charge in [0.1, 0.15) is 11.5 Å². The maximum Gasteiger partial charge on any atom is 0.171 e. The van der Waals surface area contributed by atoms with Crippen LogP contribution in [0.25, 0.3) is 0 Å². The Balaban J connectivity index is 3.10. The topological polar surface area (TPSA) is 43.4 Å². The summed E-state index contributed by atoms with van der Waals surface area (Å²) >= 11 is 11.7. The number of ketones is 2. The number of benzene rings is 1. The van der Waals surface area contributed by atoms with Crippen LogP contribution in [-0.4, -0.2) is 18.7 Å². The van der Waals surface area contributed by atoms with E-state index in [4.69, 9.17) is 27.9 Å². The molecule has 3 nitrogen and oxygen atoms in total. The van der Waals surface area contributed by atoms with E-state index in [1.54, 1.807) is 0 Å². The predicted molar refractivity (Wildman–Crippen MR) is 62.6 cm³/mol. The van der Waals surface area contributed by atoms with Gasteiger partial charge in [-0.2, -0.15) is 0 Å². The summed E-state index contributed by atoms with van der Waals surface area (Å²) in [7, 11) is 1.45. The molecule has 1 aromatic carbocycles. The third-order valence-electron chi connectivity index (χ3n) is 1.95. The normalized spacial score (nSPS) is 10.0. The van der Waals surface area contributed by atoms with E-state index in [0.717, 1.165) is 0 Å². The molecule has 0 amide bonds. The summed E-state index contributed by atoms with van der Waals surface area (Å²) in [5.74, 6) is -0.166. The van der Waals surface area contributed by atoms with Crippen molar-refractivity contribution in [3.8, 4) is 5.75 Å². The molecule has 0 spiro atoms. The Hall–Kier alpha value is -1.06. The number of carbonyl (C=O) groups excluding carboxylic acids is 2. The monoisotopic (exact) mass is 260 g/mol. The molecule has 0 aliphatic heterocycles. The lowest BCUT2D eigenvalue weighted by Crippen LogP contribution is -2.05. The van der Waals surface area contributed by atoms with Gasteiger partial charge in [-0.15, -0.1) is 0 Å². The van der Waals surface area contributed by atoms with Gasteiger partial charge in [0.25, 0.3) is 0 Å². The van der Waals surface area contributed by atoms with Gasteiger partial charge < -0.3 is 4.74 Å². The minimum atomic E-state index is -0.345. The third-order valence-corrected chi connectivity index (χ3v) is 2.56. The number of carbonyl (C=O) groups is 2. The highest BCUT2D eigenvalue weighted by Gasteiger charge is 2.15. The second kappa shape index (κ2) is 5.32. The molecule has 0 saturated heterocycles. The molecule has 0 fully saturated rings. The Labute approximate surface area is 103 Å². The van der Waals surface area contributed by atoms with Gasteiger partial charge in [0.15, 0.2) is 5.78 Å². The molecular weight excluding hydrogens is 251 g/mol. The molecule has 0 atom stereocenters.